The molecule has 0 aliphatic heterocycles. The first-order valence-corrected chi connectivity index (χ1v) is 3.16. The summed E-state index contributed by atoms with van der Waals surface area (Å²) in [7, 11) is 0. The largest absolute Gasteiger partial charge is 3.00 e. The number of hydrogen-bond acceptors (Lipinski definition) is 5. The third-order valence-electron chi connectivity index (χ3n) is 0.129. The predicted octanol–water partition coefficient (Wildman–Crippen LogP) is -0.904. The monoisotopic (exact) mass is 382 g/mol. The van der Waals surface area contributed by atoms with E-state index in [1.807, 2.05) is 6.92 Å². The quantitative estimate of drug-likeness (QED) is 0.333. The van der Waals surface area contributed by atoms with Gasteiger partial charge >= 0.3 is 64.4 Å². The molecule has 0 amide bonds. The summed E-state index contributed by atoms with van der Waals surface area (Å²) in [5, 5.41) is 0. The number of carbonyl (C=O) groups is 1. The van der Waals surface area contributed by atoms with E-state index in [9.17, 15) is 0 Å². The Morgan fingerprint density at radius 1 is 1.60 bits per heavy atom. The van der Waals surface area contributed by atoms with Gasteiger partial charge < -0.3 is 28.4 Å². The molecule has 0 unspecified atom stereocenters. The van der Waals surface area contributed by atoms with Crippen molar-refractivity contribution in [3.63, 3.8) is 0 Å². The topological polar surface area (TPSA) is 86.3 Å². The fourth-order valence-electron chi connectivity index (χ4n) is 0. The van der Waals surface area contributed by atoms with Crippen molar-refractivity contribution < 1.29 is 18.8 Å². The van der Waals surface area contributed by atoms with Gasteiger partial charge in [0.1, 0.15) is 0 Å². The van der Waals surface area contributed by atoms with Crippen LogP contribution in [0.3, 0.4) is 0 Å². The van der Waals surface area contributed by atoms with E-state index in [1.165, 1.54) is 23.4 Å². The molecule has 0 fully saturated rings. The van der Waals surface area contributed by atoms with Crippen molar-refractivity contribution in [2.75, 3.05) is 6.61 Å². The third kappa shape index (κ3) is 115. The minimum absolute atomic E-state index is 0. The molecule has 7 heteroatoms. The van der Waals surface area contributed by atoms with Crippen LogP contribution in [0, 0.1) is 0 Å². The Kier molecular flexibility index (Phi) is 143. The van der Waals surface area contributed by atoms with Crippen LogP contribution in [0.2, 0.25) is 0 Å². The van der Waals surface area contributed by atoms with Crippen molar-refractivity contribution in [3.8, 4) is 0 Å². The molecule has 0 aromatic carbocycles. The second-order valence-electron chi connectivity index (χ2n) is 0.514. The van der Waals surface area contributed by atoms with Crippen LogP contribution in [0.1, 0.15) is 6.92 Å². The summed E-state index contributed by atoms with van der Waals surface area (Å²) in [6.45, 7) is 2.81. The first-order chi connectivity index (χ1) is 3.33. The molecule has 0 aliphatic carbocycles. The molecule has 10 heavy (non-hydrogen) atoms. The van der Waals surface area contributed by atoms with E-state index in [2.05, 4.69) is 15.6 Å². The molecule has 0 rings (SSSR count). The number of rotatable bonds is 1. The molecule has 0 aromatic rings. The molecule has 2 N–H and O–H groups in total. The van der Waals surface area contributed by atoms with Gasteiger partial charge in [-0.3, -0.25) is 0 Å². The Hall–Kier alpha value is 1.41. The van der Waals surface area contributed by atoms with Gasteiger partial charge in [-0.15, -0.1) is 0 Å². The predicted molar refractivity (Wildman–Crippen MR) is 41.1 cm³/mol. The smallest absolute Gasteiger partial charge is 0.870 e. The van der Waals surface area contributed by atoms with Gasteiger partial charge in [-0.2, -0.15) is 0 Å². The molecule has 0 aliphatic rings. The molecule has 60 valence electrons. The fraction of sp³-hybridized carbons (Fsp3) is 0.667. The van der Waals surface area contributed by atoms with Crippen molar-refractivity contribution >= 4 is 66.1 Å². The minimum Gasteiger partial charge on any atom is -0.870 e. The SMILES string of the molecule is CC[O][Sb].O=C[S-].[OH-].[OH-].[Sb+3]. The van der Waals surface area contributed by atoms with Gasteiger partial charge in [-0.25, -0.2) is 0 Å². The molecule has 0 saturated heterocycles. The first-order valence-electron chi connectivity index (χ1n) is 1.65. The number of carbonyl (C=O) groups excluding carboxylic acids is 1. The molecule has 0 spiro atoms. The summed E-state index contributed by atoms with van der Waals surface area (Å²) in [6, 6.07) is 0. The summed E-state index contributed by atoms with van der Waals surface area (Å²) in [5.74, 6) is 0. The van der Waals surface area contributed by atoms with Gasteiger partial charge in [-0.05, 0) is 5.62 Å². The summed E-state index contributed by atoms with van der Waals surface area (Å²) < 4.78 is 4.59. The maximum atomic E-state index is 8.62. The van der Waals surface area contributed by atoms with Crippen LogP contribution in [0.4, 0.5) is 0 Å². The number of hydrogen-bond donors (Lipinski definition) is 0. The summed E-state index contributed by atoms with van der Waals surface area (Å²) >= 11 is 5.11. The Bertz CT molecular complexity index is 37.7. The Balaban J connectivity index is -0.0000000131. The van der Waals surface area contributed by atoms with Gasteiger partial charge in [0, 0.05) is 0 Å². The van der Waals surface area contributed by atoms with Gasteiger partial charge in [0.2, 0.25) is 0 Å². The van der Waals surface area contributed by atoms with Crippen LogP contribution in [-0.4, -0.2) is 71.0 Å². The van der Waals surface area contributed by atoms with E-state index < -0.39 is 0 Å². The van der Waals surface area contributed by atoms with E-state index in [4.69, 9.17) is 4.79 Å². The molecular weight excluding hydrogens is 376 g/mol. The second-order valence-corrected chi connectivity index (χ2v) is 1.44. The molecule has 4 nitrogen and oxygen atoms in total. The van der Waals surface area contributed by atoms with Crippen molar-refractivity contribution in [2.24, 2.45) is 0 Å². The van der Waals surface area contributed by atoms with Crippen molar-refractivity contribution in [1.82, 2.24) is 0 Å². The minimum atomic E-state index is 0. The normalized spacial score (nSPS) is 4.20. The maximum Gasteiger partial charge on any atom is 3.00 e. The molecule has 0 atom stereocenters. The molecule has 0 bridgehead atoms. The van der Waals surface area contributed by atoms with Crippen LogP contribution in [0.25, 0.3) is 0 Å². The zero-order valence-corrected chi connectivity index (χ0v) is 11.2. The second kappa shape index (κ2) is 47.4. The van der Waals surface area contributed by atoms with Crippen molar-refractivity contribution in [2.45, 2.75) is 6.92 Å². The zero-order chi connectivity index (χ0) is 6.12. The average Bonchev–Trinajstić information content (AvgIpc) is 1.69. The van der Waals surface area contributed by atoms with E-state index in [0.29, 0.717) is 5.62 Å². The zero-order valence-electron chi connectivity index (χ0n) is 5.30. The van der Waals surface area contributed by atoms with Crippen molar-refractivity contribution in [1.29, 1.82) is 0 Å². The summed E-state index contributed by atoms with van der Waals surface area (Å²) in [5.41, 5.74) is 0.333. The van der Waals surface area contributed by atoms with E-state index in [0.717, 1.165) is 6.61 Å². The van der Waals surface area contributed by atoms with Gasteiger partial charge in [0.25, 0.3) is 0 Å². The van der Waals surface area contributed by atoms with E-state index in [-0.39, 0.29) is 35.4 Å². The first kappa shape index (κ1) is 30.1. The maximum absolute atomic E-state index is 8.62. The van der Waals surface area contributed by atoms with Gasteiger partial charge in [0.15, 0.2) is 0 Å². The Labute approximate surface area is 97.6 Å². The Morgan fingerprint density at radius 3 is 1.70 bits per heavy atom. The summed E-state index contributed by atoms with van der Waals surface area (Å²) in [4.78, 5) is 8.62. The standard InChI is InChI=1S/C2H5O.CH2OS.2H2O.2Sb/c1-2-3;2-1-3;;;;/h2H2,1H3;1H,(H,2,3);2*1H2;;/q-1;;;;+1;+3/p-3. The average molecular weight is 384 g/mol. The fourth-order valence-corrected chi connectivity index (χ4v) is 0. The molecule has 0 heterocycles. The van der Waals surface area contributed by atoms with Gasteiger partial charge in [-0.1, -0.05) is 0 Å². The molecule has 4 radical (unpaired) electrons. The van der Waals surface area contributed by atoms with Crippen LogP contribution in [0.15, 0.2) is 0 Å². The van der Waals surface area contributed by atoms with Crippen LogP contribution >= 0.6 is 0 Å². The summed E-state index contributed by atoms with van der Waals surface area (Å²) in [6.07, 6.45) is 0. The third-order valence-corrected chi connectivity index (χ3v) is 0.866. The van der Waals surface area contributed by atoms with E-state index >= 15 is 0 Å². The van der Waals surface area contributed by atoms with Crippen LogP contribution < -0.4 is 0 Å². The Morgan fingerprint density at radius 2 is 1.70 bits per heavy atom. The molecule has 0 aromatic heterocycles. The van der Waals surface area contributed by atoms with Crippen molar-refractivity contribution in [3.05, 3.63) is 0 Å². The van der Waals surface area contributed by atoms with E-state index in [1.54, 1.807) is 0 Å². The van der Waals surface area contributed by atoms with Crippen LogP contribution in [0.5, 0.6) is 0 Å². The van der Waals surface area contributed by atoms with Gasteiger partial charge in [0.05, 0.1) is 0 Å². The molecular formula is C3H8O4SSb2. The molecule has 0 saturated carbocycles. The van der Waals surface area contributed by atoms with Crippen LogP contribution in [-0.2, 0) is 20.4 Å².